The topological polar surface area (TPSA) is 115 Å². The Hall–Kier alpha value is -3.79. The minimum atomic E-state index is 0.0629. The van der Waals surface area contributed by atoms with Crippen LogP contribution in [0.3, 0.4) is 0 Å². The Morgan fingerprint density at radius 3 is 1.62 bits per heavy atom. The van der Waals surface area contributed by atoms with E-state index < -0.39 is 0 Å². The van der Waals surface area contributed by atoms with Gasteiger partial charge in [0, 0.05) is 32.3 Å². The maximum atomic E-state index is 13.1. The normalized spacial score (nSPS) is 18.9. The van der Waals surface area contributed by atoms with Crippen LogP contribution < -0.4 is 0 Å². The second-order valence-corrected chi connectivity index (χ2v) is 6.91. The molecule has 1 atom stereocenters. The van der Waals surface area contributed by atoms with Gasteiger partial charge in [-0.25, -0.2) is 0 Å². The van der Waals surface area contributed by atoms with Gasteiger partial charge in [-0.05, 0) is 53.1 Å². The number of nitrogens with zero attached hydrogens (tertiary/aromatic N) is 6. The van der Waals surface area contributed by atoms with Gasteiger partial charge < -0.3 is 0 Å². The lowest BCUT2D eigenvalue weighted by molar-refractivity contribution is -0.113. The molecule has 1 fully saturated rings. The lowest BCUT2D eigenvalue weighted by Crippen LogP contribution is -2.19. The SMILES string of the molecule is CCC1C/C(=C/c2ccc(N=[N+]=[N-])cc2)C(=O)/C(=C/c2ccc(N=[N+]=[N-])cc2)C1. The highest BCUT2D eigenvalue weighted by Gasteiger charge is 2.26. The third-order valence-corrected chi connectivity index (χ3v) is 4.97. The number of ketones is 1. The molecule has 29 heavy (non-hydrogen) atoms. The van der Waals surface area contributed by atoms with E-state index in [9.17, 15) is 4.79 Å². The molecule has 0 radical (unpaired) electrons. The van der Waals surface area contributed by atoms with E-state index in [1.54, 1.807) is 24.3 Å². The molecule has 1 aliphatic carbocycles. The zero-order valence-electron chi connectivity index (χ0n) is 16.1. The van der Waals surface area contributed by atoms with Crippen LogP contribution in [0.4, 0.5) is 11.4 Å². The zero-order chi connectivity index (χ0) is 20.6. The van der Waals surface area contributed by atoms with Crippen LogP contribution in [0.2, 0.25) is 0 Å². The minimum Gasteiger partial charge on any atom is -0.289 e. The largest absolute Gasteiger partial charge is 0.289 e. The Morgan fingerprint density at radius 1 is 0.862 bits per heavy atom. The van der Waals surface area contributed by atoms with Crippen molar-refractivity contribution in [2.45, 2.75) is 26.2 Å². The van der Waals surface area contributed by atoms with Gasteiger partial charge in [0.1, 0.15) is 0 Å². The van der Waals surface area contributed by atoms with Crippen LogP contribution in [0, 0.1) is 5.92 Å². The molecular weight excluding hydrogens is 364 g/mol. The predicted octanol–water partition coefficient (Wildman–Crippen LogP) is 7.43. The average molecular weight is 384 g/mol. The number of rotatable bonds is 5. The van der Waals surface area contributed by atoms with Crippen LogP contribution >= 0.6 is 0 Å². The Bertz CT molecular complexity index is 970. The van der Waals surface area contributed by atoms with Gasteiger partial charge in [0.15, 0.2) is 5.78 Å². The molecule has 0 bridgehead atoms. The van der Waals surface area contributed by atoms with Gasteiger partial charge in [-0.1, -0.05) is 72.1 Å². The molecule has 0 spiro atoms. The first-order valence-corrected chi connectivity index (χ1v) is 9.39. The molecule has 1 aliphatic rings. The zero-order valence-corrected chi connectivity index (χ0v) is 16.1. The van der Waals surface area contributed by atoms with Gasteiger partial charge in [-0.15, -0.1) is 0 Å². The number of allylic oxidation sites excluding steroid dienone is 2. The molecule has 0 aliphatic heterocycles. The van der Waals surface area contributed by atoms with E-state index in [1.165, 1.54) is 0 Å². The maximum absolute atomic E-state index is 13.1. The summed E-state index contributed by atoms with van der Waals surface area (Å²) in [5, 5.41) is 7.14. The third-order valence-electron chi connectivity index (χ3n) is 4.97. The van der Waals surface area contributed by atoms with Crippen molar-refractivity contribution in [1.82, 2.24) is 0 Å². The summed E-state index contributed by atoms with van der Waals surface area (Å²) in [6, 6.07) is 14.3. The average Bonchev–Trinajstić information content (AvgIpc) is 2.74. The van der Waals surface area contributed by atoms with E-state index >= 15 is 0 Å². The second-order valence-electron chi connectivity index (χ2n) is 6.91. The monoisotopic (exact) mass is 384 g/mol. The van der Waals surface area contributed by atoms with E-state index in [-0.39, 0.29) is 5.78 Å². The van der Waals surface area contributed by atoms with E-state index in [0.29, 0.717) is 17.3 Å². The summed E-state index contributed by atoms with van der Waals surface area (Å²) in [6.45, 7) is 2.14. The lowest BCUT2D eigenvalue weighted by atomic mass is 9.78. The van der Waals surface area contributed by atoms with Gasteiger partial charge in [0.2, 0.25) is 0 Å². The molecule has 0 aromatic heterocycles. The summed E-state index contributed by atoms with van der Waals surface area (Å²) in [4.78, 5) is 18.6. The van der Waals surface area contributed by atoms with Crippen molar-refractivity contribution < 1.29 is 4.79 Å². The van der Waals surface area contributed by atoms with E-state index in [1.807, 2.05) is 36.4 Å². The summed E-state index contributed by atoms with van der Waals surface area (Å²) in [7, 11) is 0. The highest BCUT2D eigenvalue weighted by Crippen LogP contribution is 2.34. The molecule has 1 saturated carbocycles. The van der Waals surface area contributed by atoms with Gasteiger partial charge in [-0.2, -0.15) is 0 Å². The number of azide groups is 2. The number of carbonyl (C=O) groups is 1. The van der Waals surface area contributed by atoms with Gasteiger partial charge >= 0.3 is 0 Å². The van der Waals surface area contributed by atoms with Crippen molar-refractivity contribution in [3.8, 4) is 0 Å². The summed E-state index contributed by atoms with van der Waals surface area (Å²) in [6.07, 6.45) is 6.33. The lowest BCUT2D eigenvalue weighted by Gasteiger charge is -2.25. The summed E-state index contributed by atoms with van der Waals surface area (Å²) in [5.74, 6) is 0.475. The number of carbonyl (C=O) groups excluding carboxylic acids is 1. The number of hydrogen-bond donors (Lipinski definition) is 0. The predicted molar refractivity (Wildman–Crippen MR) is 114 cm³/mol. The fourth-order valence-electron chi connectivity index (χ4n) is 3.40. The third kappa shape index (κ3) is 5.14. The van der Waals surface area contributed by atoms with E-state index in [2.05, 4.69) is 27.0 Å². The van der Waals surface area contributed by atoms with Crippen molar-refractivity contribution in [1.29, 1.82) is 0 Å². The molecule has 0 amide bonds. The molecule has 144 valence electrons. The Kier molecular flexibility index (Phi) is 6.48. The fraction of sp³-hybridized carbons (Fsp3) is 0.227. The highest BCUT2D eigenvalue weighted by molar-refractivity contribution is 6.14. The van der Waals surface area contributed by atoms with Crippen molar-refractivity contribution in [2.75, 3.05) is 0 Å². The van der Waals surface area contributed by atoms with Gasteiger partial charge in [0.05, 0.1) is 0 Å². The van der Waals surface area contributed by atoms with Crippen LogP contribution in [0.25, 0.3) is 33.0 Å². The molecule has 3 rings (SSSR count). The van der Waals surface area contributed by atoms with Crippen LogP contribution in [-0.4, -0.2) is 5.78 Å². The van der Waals surface area contributed by atoms with Crippen molar-refractivity contribution in [3.63, 3.8) is 0 Å². The Balaban J connectivity index is 1.89. The number of Topliss-reactive ketones (excluding diaryl/α,β-unsaturated/α-hetero) is 1. The molecule has 7 nitrogen and oxygen atoms in total. The van der Waals surface area contributed by atoms with Gasteiger partial charge in [0.25, 0.3) is 0 Å². The first-order valence-electron chi connectivity index (χ1n) is 9.39. The highest BCUT2D eigenvalue weighted by atomic mass is 16.1. The van der Waals surface area contributed by atoms with Crippen LogP contribution in [0.15, 0.2) is 69.9 Å². The van der Waals surface area contributed by atoms with Crippen LogP contribution in [0.5, 0.6) is 0 Å². The summed E-state index contributed by atoms with van der Waals surface area (Å²) >= 11 is 0. The number of benzene rings is 2. The molecular formula is C22H20N6O. The molecule has 0 N–H and O–H groups in total. The smallest absolute Gasteiger partial charge is 0.185 e. The molecule has 2 aromatic rings. The molecule has 2 aromatic carbocycles. The minimum absolute atomic E-state index is 0.0629. The Labute approximate surface area is 168 Å². The molecule has 7 heteroatoms. The standard InChI is InChI=1S/C22H20N6O/c1-2-15-11-18(13-16-3-7-20(8-4-16)25-27-23)22(29)19(12-15)14-17-5-9-21(10-6-17)26-28-24/h3-10,13-15H,2,11-12H2,1H3/b18-13-,19-14+. The van der Waals surface area contributed by atoms with E-state index in [4.69, 9.17) is 11.1 Å². The van der Waals surface area contributed by atoms with Crippen molar-refractivity contribution >= 4 is 29.3 Å². The first-order chi connectivity index (χ1) is 14.1. The van der Waals surface area contributed by atoms with Gasteiger partial charge in [-0.3, -0.25) is 4.79 Å². The number of hydrogen-bond acceptors (Lipinski definition) is 3. The van der Waals surface area contributed by atoms with Crippen LogP contribution in [0.1, 0.15) is 37.3 Å². The molecule has 1 unspecified atom stereocenters. The molecule has 0 heterocycles. The van der Waals surface area contributed by atoms with Crippen LogP contribution in [-0.2, 0) is 4.79 Å². The maximum Gasteiger partial charge on any atom is 0.185 e. The van der Waals surface area contributed by atoms with E-state index in [0.717, 1.165) is 41.5 Å². The quantitative estimate of drug-likeness (QED) is 0.227. The summed E-state index contributed by atoms with van der Waals surface area (Å²) in [5.41, 5.74) is 21.5. The Morgan fingerprint density at radius 2 is 1.28 bits per heavy atom. The fourth-order valence-corrected chi connectivity index (χ4v) is 3.40. The summed E-state index contributed by atoms with van der Waals surface area (Å²) < 4.78 is 0. The second kappa shape index (κ2) is 9.42. The van der Waals surface area contributed by atoms with Crippen molar-refractivity contribution in [3.05, 3.63) is 91.7 Å². The van der Waals surface area contributed by atoms with Crippen molar-refractivity contribution in [2.24, 2.45) is 16.1 Å². The first kappa shape index (κ1) is 20.0. The molecule has 0 saturated heterocycles.